The molecule has 4 heteroatoms. The summed E-state index contributed by atoms with van der Waals surface area (Å²) < 4.78 is 6.50. The summed E-state index contributed by atoms with van der Waals surface area (Å²) in [6.07, 6.45) is 0.323. The molecule has 1 aromatic rings. The average molecular weight is 256 g/mol. The lowest BCUT2D eigenvalue weighted by molar-refractivity contribution is -0.117. The van der Waals surface area contributed by atoms with Crippen LogP contribution in [0.25, 0.3) is 0 Å². The van der Waals surface area contributed by atoms with E-state index in [1.165, 1.54) is 0 Å². The number of benzene rings is 1. The maximum Gasteiger partial charge on any atom is 0.228 e. The van der Waals surface area contributed by atoms with E-state index in [0.717, 1.165) is 15.9 Å². The van der Waals surface area contributed by atoms with Crippen LogP contribution in [0.3, 0.4) is 0 Å². The molecular weight excluding hydrogens is 246 g/mol. The molecule has 1 aliphatic heterocycles. The zero-order chi connectivity index (χ0) is 10.1. The van der Waals surface area contributed by atoms with Gasteiger partial charge in [0.15, 0.2) is 0 Å². The van der Waals surface area contributed by atoms with Crippen molar-refractivity contribution in [3.63, 3.8) is 0 Å². The highest BCUT2D eigenvalue weighted by molar-refractivity contribution is 9.10. The van der Waals surface area contributed by atoms with E-state index in [4.69, 9.17) is 4.74 Å². The fourth-order valence-electron chi connectivity index (χ4n) is 1.42. The molecule has 2 rings (SSSR count). The molecule has 1 aliphatic rings. The van der Waals surface area contributed by atoms with Crippen molar-refractivity contribution >= 4 is 27.5 Å². The first kappa shape index (κ1) is 9.52. The SMILES string of the molecule is CC1CC(=O)Nc2cc(Br)ccc2O1. The first-order valence-corrected chi connectivity index (χ1v) is 5.20. The van der Waals surface area contributed by atoms with Crippen molar-refractivity contribution in [2.45, 2.75) is 19.4 Å². The number of rotatable bonds is 0. The fraction of sp³-hybridized carbons (Fsp3) is 0.300. The van der Waals surface area contributed by atoms with Crippen molar-refractivity contribution in [3.05, 3.63) is 22.7 Å². The molecule has 1 aromatic carbocycles. The number of hydrogen-bond donors (Lipinski definition) is 1. The molecular formula is C10H10BrNO2. The second kappa shape index (κ2) is 3.61. The molecule has 0 bridgehead atoms. The van der Waals surface area contributed by atoms with Crippen LogP contribution in [0.4, 0.5) is 5.69 Å². The number of carbonyl (C=O) groups is 1. The number of halogens is 1. The highest BCUT2D eigenvalue weighted by Gasteiger charge is 2.18. The lowest BCUT2D eigenvalue weighted by Gasteiger charge is -2.10. The van der Waals surface area contributed by atoms with E-state index in [1.54, 1.807) is 0 Å². The average Bonchev–Trinajstić information content (AvgIpc) is 2.21. The van der Waals surface area contributed by atoms with Crippen molar-refractivity contribution in [1.29, 1.82) is 0 Å². The molecule has 0 fully saturated rings. The molecule has 0 saturated carbocycles. The third kappa shape index (κ3) is 1.90. The van der Waals surface area contributed by atoms with Gasteiger partial charge in [-0.1, -0.05) is 15.9 Å². The Kier molecular flexibility index (Phi) is 2.46. The fourth-order valence-corrected chi connectivity index (χ4v) is 1.78. The number of nitrogens with one attached hydrogen (secondary N) is 1. The Morgan fingerprint density at radius 2 is 2.36 bits per heavy atom. The van der Waals surface area contributed by atoms with Crippen LogP contribution >= 0.6 is 15.9 Å². The van der Waals surface area contributed by atoms with Gasteiger partial charge in [0.2, 0.25) is 5.91 Å². The number of carbonyl (C=O) groups excluding carboxylic acids is 1. The Balaban J connectivity index is 2.41. The molecule has 1 atom stereocenters. The quantitative estimate of drug-likeness (QED) is 0.774. The summed E-state index contributed by atoms with van der Waals surface area (Å²) in [5.41, 5.74) is 0.730. The Bertz CT molecular complexity index is 378. The minimum absolute atomic E-state index is 0.00523. The largest absolute Gasteiger partial charge is 0.488 e. The van der Waals surface area contributed by atoms with E-state index in [9.17, 15) is 4.79 Å². The van der Waals surface area contributed by atoms with Crippen molar-refractivity contribution in [3.8, 4) is 5.75 Å². The molecule has 3 nitrogen and oxygen atoms in total. The van der Waals surface area contributed by atoms with Gasteiger partial charge in [-0.25, -0.2) is 0 Å². The topological polar surface area (TPSA) is 38.3 Å². The summed E-state index contributed by atoms with van der Waals surface area (Å²) in [4.78, 5) is 11.4. The second-order valence-corrected chi connectivity index (χ2v) is 4.24. The van der Waals surface area contributed by atoms with Crippen molar-refractivity contribution in [2.24, 2.45) is 0 Å². The van der Waals surface area contributed by atoms with Gasteiger partial charge in [0.1, 0.15) is 11.9 Å². The zero-order valence-corrected chi connectivity index (χ0v) is 9.30. The summed E-state index contributed by atoms with van der Waals surface area (Å²) in [7, 11) is 0. The van der Waals surface area contributed by atoms with Crippen LogP contribution in [0.1, 0.15) is 13.3 Å². The van der Waals surface area contributed by atoms with Crippen molar-refractivity contribution in [1.82, 2.24) is 0 Å². The molecule has 74 valence electrons. The van der Waals surface area contributed by atoms with Crippen LogP contribution in [0.15, 0.2) is 22.7 Å². The summed E-state index contributed by atoms with van der Waals surface area (Å²) in [5.74, 6) is 0.723. The molecule has 1 unspecified atom stereocenters. The van der Waals surface area contributed by atoms with Gasteiger partial charge in [-0.05, 0) is 25.1 Å². The number of anilines is 1. The summed E-state index contributed by atoms with van der Waals surface area (Å²) in [6.45, 7) is 1.89. The van der Waals surface area contributed by atoms with E-state index < -0.39 is 0 Å². The molecule has 0 aliphatic carbocycles. The van der Waals surface area contributed by atoms with Gasteiger partial charge in [0, 0.05) is 4.47 Å². The van der Waals surface area contributed by atoms with E-state index in [0.29, 0.717) is 6.42 Å². The second-order valence-electron chi connectivity index (χ2n) is 3.32. The van der Waals surface area contributed by atoms with Gasteiger partial charge in [-0.3, -0.25) is 4.79 Å². The van der Waals surface area contributed by atoms with Crippen LogP contribution in [0.5, 0.6) is 5.75 Å². The predicted octanol–water partition coefficient (Wildman–Crippen LogP) is 2.56. The number of ether oxygens (including phenoxy) is 1. The first-order valence-electron chi connectivity index (χ1n) is 4.41. The summed E-state index contributed by atoms with van der Waals surface area (Å²) in [5, 5.41) is 2.80. The summed E-state index contributed by atoms with van der Waals surface area (Å²) in [6, 6.07) is 5.58. The number of amides is 1. The number of hydrogen-bond acceptors (Lipinski definition) is 2. The third-order valence-electron chi connectivity index (χ3n) is 2.02. The highest BCUT2D eigenvalue weighted by atomic mass is 79.9. The van der Waals surface area contributed by atoms with E-state index in [2.05, 4.69) is 21.2 Å². The monoisotopic (exact) mass is 255 g/mol. The molecule has 1 N–H and O–H groups in total. The van der Waals surface area contributed by atoms with Crippen LogP contribution in [-0.4, -0.2) is 12.0 Å². The molecule has 0 aromatic heterocycles. The lowest BCUT2D eigenvalue weighted by Crippen LogP contribution is -2.17. The van der Waals surface area contributed by atoms with Crippen LogP contribution in [-0.2, 0) is 4.79 Å². The van der Waals surface area contributed by atoms with Gasteiger partial charge in [-0.2, -0.15) is 0 Å². The van der Waals surface area contributed by atoms with Crippen LogP contribution in [0, 0.1) is 0 Å². The normalized spacial score (nSPS) is 20.4. The highest BCUT2D eigenvalue weighted by Crippen LogP contribution is 2.31. The summed E-state index contributed by atoms with van der Waals surface area (Å²) >= 11 is 3.34. The number of fused-ring (bicyclic) bond motifs is 1. The van der Waals surface area contributed by atoms with Gasteiger partial charge < -0.3 is 10.1 Å². The Labute approximate surface area is 90.6 Å². The molecule has 0 radical (unpaired) electrons. The Morgan fingerprint density at radius 1 is 1.57 bits per heavy atom. The van der Waals surface area contributed by atoms with E-state index in [-0.39, 0.29) is 12.0 Å². The van der Waals surface area contributed by atoms with Gasteiger partial charge in [0.05, 0.1) is 12.1 Å². The minimum atomic E-state index is -0.0718. The molecule has 1 heterocycles. The zero-order valence-electron chi connectivity index (χ0n) is 7.71. The van der Waals surface area contributed by atoms with Gasteiger partial charge in [-0.15, -0.1) is 0 Å². The molecule has 14 heavy (non-hydrogen) atoms. The maximum absolute atomic E-state index is 11.4. The van der Waals surface area contributed by atoms with Gasteiger partial charge >= 0.3 is 0 Å². The minimum Gasteiger partial charge on any atom is -0.488 e. The smallest absolute Gasteiger partial charge is 0.228 e. The lowest BCUT2D eigenvalue weighted by atomic mass is 10.3. The Hall–Kier alpha value is -1.03. The van der Waals surface area contributed by atoms with Crippen LogP contribution < -0.4 is 10.1 Å². The molecule has 0 spiro atoms. The van der Waals surface area contributed by atoms with E-state index in [1.807, 2.05) is 25.1 Å². The Morgan fingerprint density at radius 3 is 3.14 bits per heavy atom. The molecule has 1 amide bonds. The molecule has 0 saturated heterocycles. The standard InChI is InChI=1S/C10H10BrNO2/c1-6-4-10(13)12-8-5-7(11)2-3-9(8)14-6/h2-3,5-6H,4H2,1H3,(H,12,13). The van der Waals surface area contributed by atoms with E-state index >= 15 is 0 Å². The van der Waals surface area contributed by atoms with Crippen molar-refractivity contribution < 1.29 is 9.53 Å². The third-order valence-corrected chi connectivity index (χ3v) is 2.51. The van der Waals surface area contributed by atoms with Crippen LogP contribution in [0.2, 0.25) is 0 Å². The predicted molar refractivity (Wildman–Crippen MR) is 57.5 cm³/mol. The maximum atomic E-state index is 11.4. The van der Waals surface area contributed by atoms with Gasteiger partial charge in [0.25, 0.3) is 0 Å². The van der Waals surface area contributed by atoms with Crippen molar-refractivity contribution in [2.75, 3.05) is 5.32 Å². The first-order chi connectivity index (χ1) is 6.65.